The summed E-state index contributed by atoms with van der Waals surface area (Å²) < 4.78 is 61.8. The Kier molecular flexibility index (Phi) is 19.6. The second kappa shape index (κ2) is 27.5. The molecule has 7 aromatic rings. The first-order valence-electron chi connectivity index (χ1n) is 24.8. The quantitative estimate of drug-likeness (QED) is 0.0592. The Labute approximate surface area is 428 Å². The molecule has 1 N–H and O–H groups in total. The Morgan fingerprint density at radius 1 is 0.306 bits per heavy atom. The summed E-state index contributed by atoms with van der Waals surface area (Å²) in [6.45, 7) is 2.44. The van der Waals surface area contributed by atoms with Crippen LogP contribution < -0.4 is 0 Å². The molecule has 0 radical (unpaired) electrons. The second-order valence-corrected chi connectivity index (χ2v) is 19.2. The number of ether oxygens (including phenoxy) is 9. The normalized spacial score (nSPS) is 24.2. The molecule has 0 bridgehead atoms. The monoisotopic (exact) mass is 988 g/mol. The molecule has 0 aromatic heterocycles. The number of thioether (sulfide) groups is 1. The van der Waals surface area contributed by atoms with Gasteiger partial charge >= 0.3 is 0 Å². The fraction of sp³-hybridized carbons (Fsp3) is 0.311. The van der Waals surface area contributed by atoms with Crippen LogP contribution >= 0.6 is 11.8 Å². The number of hydrogen-bond donors (Lipinski definition) is 1. The van der Waals surface area contributed by atoms with Gasteiger partial charge in [-0.15, -0.1) is 0 Å². The highest BCUT2D eigenvalue weighted by molar-refractivity contribution is 8.00. The molecule has 2 heterocycles. The zero-order valence-electron chi connectivity index (χ0n) is 40.4. The third kappa shape index (κ3) is 15.0. The first-order valence-corrected chi connectivity index (χ1v) is 25.7. The van der Waals surface area contributed by atoms with Crippen LogP contribution in [0.5, 0.6) is 0 Å². The van der Waals surface area contributed by atoms with Gasteiger partial charge < -0.3 is 47.7 Å². The number of hydrogen-bond acceptors (Lipinski definition) is 11. The van der Waals surface area contributed by atoms with Crippen molar-refractivity contribution in [2.75, 3.05) is 13.2 Å². The van der Waals surface area contributed by atoms with Crippen molar-refractivity contribution in [1.82, 2.24) is 0 Å². The van der Waals surface area contributed by atoms with Crippen LogP contribution in [0.1, 0.15) is 38.9 Å². The standard InChI is InChI=1S/C61H64O10S/c62-54-57(67-40-49-30-16-5-17-31-49)55(65-38-47-26-12-3-13-27-47)52(43-63-36-45-22-8-1-9-23-45)70-60(54)72-61-59(69-42-51-34-20-7-21-35-51)58(68-41-50-32-18-6-19-33-50)56(66-39-48-28-14-4-15-29-48)53(71-61)44-64-37-46-24-10-2-11-25-46/h1-35,52-62H,36-44H2/t52-,53-,54-,55-,56-,57-,58+,59-,60-,61-/m1/s1. The van der Waals surface area contributed by atoms with Crippen molar-refractivity contribution >= 4 is 11.8 Å². The first kappa shape index (κ1) is 51.4. The maximum atomic E-state index is 12.8. The lowest BCUT2D eigenvalue weighted by Crippen LogP contribution is -2.63. The minimum atomic E-state index is -1.19. The fourth-order valence-electron chi connectivity index (χ4n) is 8.92. The largest absolute Gasteiger partial charge is 0.387 e. The van der Waals surface area contributed by atoms with E-state index in [0.717, 1.165) is 38.9 Å². The molecule has 2 aliphatic heterocycles. The molecule has 0 spiro atoms. The van der Waals surface area contributed by atoms with E-state index in [2.05, 4.69) is 0 Å². The van der Waals surface area contributed by atoms with Gasteiger partial charge in [-0.05, 0) is 38.9 Å². The molecule has 2 saturated heterocycles. The Bertz CT molecular complexity index is 2550. The van der Waals surface area contributed by atoms with Crippen molar-refractivity contribution in [1.29, 1.82) is 0 Å². The fourth-order valence-corrected chi connectivity index (χ4v) is 10.3. The third-order valence-corrected chi connectivity index (χ3v) is 14.0. The zero-order chi connectivity index (χ0) is 49.0. The van der Waals surface area contributed by atoms with Gasteiger partial charge in [0.25, 0.3) is 0 Å². The van der Waals surface area contributed by atoms with E-state index >= 15 is 0 Å². The van der Waals surface area contributed by atoms with E-state index in [-0.39, 0.29) is 39.6 Å². The van der Waals surface area contributed by atoms with Crippen LogP contribution in [0.4, 0.5) is 0 Å². The minimum absolute atomic E-state index is 0.164. The lowest BCUT2D eigenvalue weighted by atomic mass is 9.98. The zero-order valence-corrected chi connectivity index (χ0v) is 41.2. The van der Waals surface area contributed by atoms with Crippen LogP contribution in [0.15, 0.2) is 212 Å². The molecule has 0 unspecified atom stereocenters. The topological polar surface area (TPSA) is 103 Å². The van der Waals surface area contributed by atoms with E-state index in [1.54, 1.807) is 0 Å². The minimum Gasteiger partial charge on any atom is -0.387 e. The maximum absolute atomic E-state index is 12.8. The molecule has 2 fully saturated rings. The van der Waals surface area contributed by atoms with Crippen LogP contribution in [0, 0.1) is 0 Å². The summed E-state index contributed by atoms with van der Waals surface area (Å²) >= 11 is 1.34. The maximum Gasteiger partial charge on any atom is 0.135 e. The van der Waals surface area contributed by atoms with Crippen LogP contribution in [0.2, 0.25) is 0 Å². The van der Waals surface area contributed by atoms with Gasteiger partial charge in [-0.1, -0.05) is 224 Å². The van der Waals surface area contributed by atoms with E-state index < -0.39 is 59.7 Å². The summed E-state index contributed by atoms with van der Waals surface area (Å²) in [7, 11) is 0. The summed E-state index contributed by atoms with van der Waals surface area (Å²) in [6, 6.07) is 70.2. The molecular formula is C61H64O10S. The van der Waals surface area contributed by atoms with Gasteiger partial charge in [-0.2, -0.15) is 0 Å². The molecule has 0 saturated carbocycles. The van der Waals surface area contributed by atoms with Crippen LogP contribution in [-0.2, 0) is 88.9 Å². The predicted octanol–water partition coefficient (Wildman–Crippen LogP) is 10.9. The van der Waals surface area contributed by atoms with E-state index in [1.165, 1.54) is 11.8 Å². The van der Waals surface area contributed by atoms with Gasteiger partial charge in [-0.3, -0.25) is 0 Å². The SMILES string of the molecule is O[C@@H]1[C@@H](OCc2ccccc2)[C@H](OCc2ccccc2)[C@@H](COCc2ccccc2)O[C@@H]1S[C@H]1O[C@H](COCc2ccccc2)[C@@H](OCc2ccccc2)[C@H](OCc2ccccc2)[C@H]1OCc1ccccc1. The summed E-state index contributed by atoms with van der Waals surface area (Å²) in [6.07, 6.45) is -6.09. The molecule has 10 atom stereocenters. The van der Waals surface area contributed by atoms with Gasteiger partial charge in [0.2, 0.25) is 0 Å². The van der Waals surface area contributed by atoms with E-state index in [9.17, 15) is 5.11 Å². The van der Waals surface area contributed by atoms with Crippen LogP contribution in [0.3, 0.4) is 0 Å². The predicted molar refractivity (Wildman–Crippen MR) is 278 cm³/mol. The lowest BCUT2D eigenvalue weighted by Gasteiger charge is -2.49. The highest BCUT2D eigenvalue weighted by atomic mass is 32.2. The van der Waals surface area contributed by atoms with Gasteiger partial charge in [0.1, 0.15) is 59.7 Å². The van der Waals surface area contributed by atoms with Crippen molar-refractivity contribution in [2.45, 2.75) is 106 Å². The van der Waals surface area contributed by atoms with E-state index in [4.69, 9.17) is 42.6 Å². The lowest BCUT2D eigenvalue weighted by molar-refractivity contribution is -0.258. The number of aliphatic hydroxyl groups is 1. The summed E-state index contributed by atoms with van der Waals surface area (Å²) in [5.74, 6) is 0. The van der Waals surface area contributed by atoms with Crippen molar-refractivity contribution in [3.63, 3.8) is 0 Å². The molecule has 72 heavy (non-hydrogen) atoms. The average molecular weight is 989 g/mol. The molecule has 2 aliphatic rings. The molecule has 9 rings (SSSR count). The summed E-state index contributed by atoms with van der Waals surface area (Å²) in [5, 5.41) is 12.8. The average Bonchev–Trinajstić information content (AvgIpc) is 3.44. The van der Waals surface area contributed by atoms with Gasteiger partial charge in [0.05, 0.1) is 59.5 Å². The van der Waals surface area contributed by atoms with Crippen molar-refractivity contribution in [3.8, 4) is 0 Å². The first-order chi connectivity index (χ1) is 35.6. The molecular weight excluding hydrogens is 925 g/mol. The highest BCUT2D eigenvalue weighted by Crippen LogP contribution is 2.42. The summed E-state index contributed by atoms with van der Waals surface area (Å²) in [4.78, 5) is 0. The van der Waals surface area contributed by atoms with E-state index in [1.807, 2.05) is 212 Å². The number of rotatable bonds is 25. The molecule has 0 amide bonds. The number of aliphatic hydroxyl groups excluding tert-OH is 1. The summed E-state index contributed by atoms with van der Waals surface area (Å²) in [5.41, 5.74) is 5.32. The van der Waals surface area contributed by atoms with Gasteiger partial charge in [-0.25, -0.2) is 0 Å². The van der Waals surface area contributed by atoms with Gasteiger partial charge in [0.15, 0.2) is 0 Å². The Balaban J connectivity index is 1.06. The third-order valence-electron chi connectivity index (χ3n) is 12.7. The smallest absolute Gasteiger partial charge is 0.135 e. The van der Waals surface area contributed by atoms with Gasteiger partial charge in [0, 0.05) is 0 Å². The van der Waals surface area contributed by atoms with Crippen molar-refractivity contribution < 1.29 is 47.7 Å². The molecule has 374 valence electrons. The highest BCUT2D eigenvalue weighted by Gasteiger charge is 2.53. The molecule has 0 aliphatic carbocycles. The van der Waals surface area contributed by atoms with Crippen LogP contribution in [-0.4, -0.2) is 78.0 Å². The number of benzene rings is 7. The van der Waals surface area contributed by atoms with Crippen molar-refractivity contribution in [2.24, 2.45) is 0 Å². The Morgan fingerprint density at radius 2 is 0.569 bits per heavy atom. The Hall–Kier alpha value is -5.51. The Morgan fingerprint density at radius 3 is 0.917 bits per heavy atom. The van der Waals surface area contributed by atoms with E-state index in [0.29, 0.717) is 19.8 Å². The molecule has 11 heteroatoms. The second-order valence-electron chi connectivity index (χ2n) is 18.0. The molecule has 7 aromatic carbocycles. The van der Waals surface area contributed by atoms with Crippen LogP contribution in [0.25, 0.3) is 0 Å². The molecule has 10 nitrogen and oxygen atoms in total. The van der Waals surface area contributed by atoms with Crippen molar-refractivity contribution in [3.05, 3.63) is 251 Å².